The van der Waals surface area contributed by atoms with Gasteiger partial charge in [0.05, 0.1) is 11.8 Å². The van der Waals surface area contributed by atoms with E-state index in [0.29, 0.717) is 11.3 Å². The number of carbonyl (C=O) groups is 1. The summed E-state index contributed by atoms with van der Waals surface area (Å²) in [6, 6.07) is 12.9. The van der Waals surface area contributed by atoms with Crippen LogP contribution in [0, 0.1) is 25.2 Å². The molecule has 0 saturated heterocycles. The summed E-state index contributed by atoms with van der Waals surface area (Å²) >= 11 is 0. The largest absolute Gasteiger partial charge is 0.292 e. The molecule has 1 unspecified atom stereocenters. The van der Waals surface area contributed by atoms with E-state index in [1.54, 1.807) is 24.4 Å². The zero-order valence-corrected chi connectivity index (χ0v) is 10.9. The predicted octanol–water partition coefficient (Wildman–Crippen LogP) is 3.19. The van der Waals surface area contributed by atoms with Crippen molar-refractivity contribution in [3.63, 3.8) is 0 Å². The van der Waals surface area contributed by atoms with E-state index in [-0.39, 0.29) is 5.78 Å². The molecule has 1 heterocycles. The van der Waals surface area contributed by atoms with Crippen molar-refractivity contribution < 1.29 is 4.79 Å². The Kier molecular flexibility index (Phi) is 3.72. The Labute approximate surface area is 112 Å². The highest BCUT2D eigenvalue weighted by molar-refractivity contribution is 6.02. The van der Waals surface area contributed by atoms with Gasteiger partial charge in [-0.3, -0.25) is 9.78 Å². The smallest absolute Gasteiger partial charge is 0.186 e. The zero-order valence-electron chi connectivity index (χ0n) is 10.9. The van der Waals surface area contributed by atoms with E-state index < -0.39 is 5.92 Å². The van der Waals surface area contributed by atoms with Crippen LogP contribution in [0.4, 0.5) is 0 Å². The van der Waals surface area contributed by atoms with Crippen LogP contribution < -0.4 is 0 Å². The number of rotatable bonds is 3. The fourth-order valence-electron chi connectivity index (χ4n) is 2.09. The average Bonchev–Trinajstić information content (AvgIpc) is 2.39. The van der Waals surface area contributed by atoms with Gasteiger partial charge in [0.15, 0.2) is 11.7 Å². The van der Waals surface area contributed by atoms with Gasteiger partial charge in [0.25, 0.3) is 0 Å². The number of nitriles is 1. The fraction of sp³-hybridized carbons (Fsp3) is 0.188. The highest BCUT2D eigenvalue weighted by atomic mass is 16.1. The molecule has 1 aromatic carbocycles. The molecule has 2 aromatic rings. The molecule has 0 N–H and O–H groups in total. The normalized spacial score (nSPS) is 11.6. The van der Waals surface area contributed by atoms with Gasteiger partial charge >= 0.3 is 0 Å². The summed E-state index contributed by atoms with van der Waals surface area (Å²) in [5, 5.41) is 9.24. The molecule has 0 fully saturated rings. The molecule has 3 nitrogen and oxygen atoms in total. The summed E-state index contributed by atoms with van der Waals surface area (Å²) in [6.45, 7) is 3.87. The second-order valence-electron chi connectivity index (χ2n) is 4.56. The average molecular weight is 250 g/mol. The van der Waals surface area contributed by atoms with E-state index in [9.17, 15) is 10.1 Å². The number of pyridine rings is 1. The highest BCUT2D eigenvalue weighted by Crippen LogP contribution is 2.20. The second kappa shape index (κ2) is 5.45. The molecule has 19 heavy (non-hydrogen) atoms. The van der Waals surface area contributed by atoms with Crippen molar-refractivity contribution in [3.05, 3.63) is 65.0 Å². The second-order valence-corrected chi connectivity index (χ2v) is 4.56. The standard InChI is InChI=1S/C16H14N2O/c1-11-7-12(2)9-13(8-11)16(19)14(10-17)15-5-3-4-6-18-15/h3-9,14H,1-2H3. The number of carbonyl (C=O) groups excluding carboxylic acids is 1. The first-order valence-electron chi connectivity index (χ1n) is 6.05. The van der Waals surface area contributed by atoms with Crippen molar-refractivity contribution >= 4 is 5.78 Å². The molecular formula is C16H14N2O. The quantitative estimate of drug-likeness (QED) is 0.786. The van der Waals surface area contributed by atoms with E-state index in [0.717, 1.165) is 11.1 Å². The summed E-state index contributed by atoms with van der Waals surface area (Å²) in [5.74, 6) is -1.05. The van der Waals surface area contributed by atoms with Crippen molar-refractivity contribution in [3.8, 4) is 6.07 Å². The van der Waals surface area contributed by atoms with Gasteiger partial charge in [-0.1, -0.05) is 23.3 Å². The van der Waals surface area contributed by atoms with Crippen molar-refractivity contribution in [1.82, 2.24) is 4.98 Å². The topological polar surface area (TPSA) is 53.8 Å². The number of Topliss-reactive ketones (excluding diaryl/α,β-unsaturated/α-hetero) is 1. The third-order valence-corrected chi connectivity index (χ3v) is 2.88. The van der Waals surface area contributed by atoms with Crippen LogP contribution in [0.1, 0.15) is 33.1 Å². The molecule has 0 radical (unpaired) electrons. The van der Waals surface area contributed by atoms with Crippen LogP contribution in [0.25, 0.3) is 0 Å². The lowest BCUT2D eigenvalue weighted by Gasteiger charge is -2.09. The molecule has 0 aliphatic carbocycles. The molecule has 0 aliphatic rings. The van der Waals surface area contributed by atoms with Crippen LogP contribution in [-0.4, -0.2) is 10.8 Å². The van der Waals surface area contributed by atoms with E-state index in [1.807, 2.05) is 38.1 Å². The molecule has 1 atom stereocenters. The van der Waals surface area contributed by atoms with E-state index >= 15 is 0 Å². The van der Waals surface area contributed by atoms with Gasteiger partial charge in [0, 0.05) is 11.8 Å². The molecule has 2 rings (SSSR count). The summed E-state index contributed by atoms with van der Waals surface area (Å²) < 4.78 is 0. The molecule has 94 valence electrons. The molecule has 0 amide bonds. The molecule has 0 aliphatic heterocycles. The number of nitrogens with zero attached hydrogens (tertiary/aromatic N) is 2. The Morgan fingerprint density at radius 1 is 1.21 bits per heavy atom. The number of aromatic nitrogens is 1. The Morgan fingerprint density at radius 2 is 1.89 bits per heavy atom. The van der Waals surface area contributed by atoms with Crippen molar-refractivity contribution in [2.24, 2.45) is 0 Å². The first kappa shape index (κ1) is 13.0. The van der Waals surface area contributed by atoms with Crippen molar-refractivity contribution in [2.45, 2.75) is 19.8 Å². The number of benzene rings is 1. The number of hydrogen-bond acceptors (Lipinski definition) is 3. The Balaban J connectivity index is 2.40. The molecular weight excluding hydrogens is 236 g/mol. The predicted molar refractivity (Wildman–Crippen MR) is 72.8 cm³/mol. The first-order valence-corrected chi connectivity index (χ1v) is 6.05. The highest BCUT2D eigenvalue weighted by Gasteiger charge is 2.23. The van der Waals surface area contributed by atoms with Gasteiger partial charge in [0.1, 0.15) is 0 Å². The maximum atomic E-state index is 12.4. The van der Waals surface area contributed by atoms with Crippen molar-refractivity contribution in [1.29, 1.82) is 5.26 Å². The molecule has 0 bridgehead atoms. The van der Waals surface area contributed by atoms with Crippen LogP contribution in [-0.2, 0) is 0 Å². The molecule has 1 aromatic heterocycles. The summed E-state index contributed by atoms with van der Waals surface area (Å²) in [6.07, 6.45) is 1.59. The third kappa shape index (κ3) is 2.86. The minimum atomic E-state index is -0.845. The van der Waals surface area contributed by atoms with Gasteiger partial charge < -0.3 is 0 Å². The van der Waals surface area contributed by atoms with E-state index in [4.69, 9.17) is 0 Å². The number of hydrogen-bond donors (Lipinski definition) is 0. The Bertz CT molecular complexity index is 621. The number of aryl methyl sites for hydroxylation is 2. The van der Waals surface area contributed by atoms with E-state index in [2.05, 4.69) is 4.98 Å². The molecule has 0 saturated carbocycles. The van der Waals surface area contributed by atoms with Crippen LogP contribution in [0.3, 0.4) is 0 Å². The van der Waals surface area contributed by atoms with Crippen LogP contribution >= 0.6 is 0 Å². The van der Waals surface area contributed by atoms with Gasteiger partial charge in [-0.15, -0.1) is 0 Å². The Morgan fingerprint density at radius 3 is 2.42 bits per heavy atom. The van der Waals surface area contributed by atoms with E-state index in [1.165, 1.54) is 0 Å². The van der Waals surface area contributed by atoms with Gasteiger partial charge in [-0.05, 0) is 38.1 Å². The maximum Gasteiger partial charge on any atom is 0.186 e. The van der Waals surface area contributed by atoms with Crippen LogP contribution in [0.15, 0.2) is 42.6 Å². The van der Waals surface area contributed by atoms with Gasteiger partial charge in [0.2, 0.25) is 0 Å². The Hall–Kier alpha value is -2.47. The third-order valence-electron chi connectivity index (χ3n) is 2.88. The lowest BCUT2D eigenvalue weighted by molar-refractivity contribution is 0.0977. The monoisotopic (exact) mass is 250 g/mol. The van der Waals surface area contributed by atoms with Crippen LogP contribution in [0.5, 0.6) is 0 Å². The lowest BCUT2D eigenvalue weighted by Crippen LogP contribution is -2.13. The van der Waals surface area contributed by atoms with Gasteiger partial charge in [-0.2, -0.15) is 5.26 Å². The SMILES string of the molecule is Cc1cc(C)cc(C(=O)C(C#N)c2ccccn2)c1. The first-order chi connectivity index (χ1) is 9.11. The van der Waals surface area contributed by atoms with Crippen LogP contribution in [0.2, 0.25) is 0 Å². The lowest BCUT2D eigenvalue weighted by atomic mass is 9.93. The molecule has 0 spiro atoms. The summed E-state index contributed by atoms with van der Waals surface area (Å²) in [5.41, 5.74) is 3.09. The van der Waals surface area contributed by atoms with Crippen molar-refractivity contribution in [2.75, 3.05) is 0 Å². The number of ketones is 1. The summed E-state index contributed by atoms with van der Waals surface area (Å²) in [7, 11) is 0. The summed E-state index contributed by atoms with van der Waals surface area (Å²) in [4.78, 5) is 16.5. The van der Waals surface area contributed by atoms with Gasteiger partial charge in [-0.25, -0.2) is 0 Å². The zero-order chi connectivity index (χ0) is 13.8. The maximum absolute atomic E-state index is 12.4. The fourth-order valence-corrected chi connectivity index (χ4v) is 2.09. The minimum absolute atomic E-state index is 0.201. The molecule has 3 heteroatoms. The minimum Gasteiger partial charge on any atom is -0.292 e.